The molecule has 0 saturated heterocycles. The molecule has 0 amide bonds. The maximum atomic E-state index is 12.9. The Morgan fingerprint density at radius 1 is 1.14 bits per heavy atom. The molecule has 0 atom stereocenters. The monoisotopic (exact) mass is 357 g/mol. The maximum Gasteiger partial charge on any atom is 0.417 e. The molecular weight excluding hydrogens is 347 g/mol. The molecule has 21 heavy (non-hydrogen) atoms. The summed E-state index contributed by atoms with van der Waals surface area (Å²) < 4.78 is 38.5. The van der Waals surface area contributed by atoms with E-state index >= 15 is 0 Å². The lowest BCUT2D eigenvalue weighted by atomic mass is 9.97. The fourth-order valence-corrected chi connectivity index (χ4v) is 2.45. The topological polar surface area (TPSA) is 43.1 Å². The number of rotatable bonds is 2. The fourth-order valence-electron chi connectivity index (χ4n) is 1.98. The number of carbonyl (C=O) groups is 1. The van der Waals surface area contributed by atoms with E-state index in [1.807, 2.05) is 0 Å². The Kier molecular flexibility index (Phi) is 4.09. The number of nitrogen functional groups attached to an aromatic ring is 1. The van der Waals surface area contributed by atoms with Crippen molar-refractivity contribution in [3.8, 4) is 0 Å². The molecule has 0 fully saturated rings. The van der Waals surface area contributed by atoms with Crippen molar-refractivity contribution in [3.63, 3.8) is 0 Å². The summed E-state index contributed by atoms with van der Waals surface area (Å²) in [6.07, 6.45) is -4.52. The summed E-state index contributed by atoms with van der Waals surface area (Å²) in [5, 5.41) is 0. The van der Waals surface area contributed by atoms with Crippen LogP contribution >= 0.6 is 15.9 Å². The van der Waals surface area contributed by atoms with Crippen molar-refractivity contribution in [2.75, 3.05) is 5.73 Å². The molecule has 0 radical (unpaired) electrons. The molecule has 0 unspecified atom stereocenters. The third kappa shape index (κ3) is 3.26. The van der Waals surface area contributed by atoms with Gasteiger partial charge < -0.3 is 5.73 Å². The van der Waals surface area contributed by atoms with Gasteiger partial charge in [0, 0.05) is 21.3 Å². The summed E-state index contributed by atoms with van der Waals surface area (Å²) in [4.78, 5) is 12.3. The van der Waals surface area contributed by atoms with E-state index in [2.05, 4.69) is 15.9 Å². The summed E-state index contributed by atoms with van der Waals surface area (Å²) in [5.41, 5.74) is 6.16. The Balaban J connectivity index is 2.49. The fraction of sp³-hybridized carbons (Fsp3) is 0.133. The van der Waals surface area contributed by atoms with Gasteiger partial charge in [-0.3, -0.25) is 4.79 Å². The van der Waals surface area contributed by atoms with Crippen LogP contribution in [0, 0.1) is 6.92 Å². The molecule has 2 aromatic rings. The number of nitrogens with two attached hydrogens (primary N) is 1. The van der Waals surface area contributed by atoms with Gasteiger partial charge in [-0.15, -0.1) is 0 Å². The minimum atomic E-state index is -4.52. The summed E-state index contributed by atoms with van der Waals surface area (Å²) >= 11 is 2.85. The third-order valence-corrected chi connectivity index (χ3v) is 3.72. The minimum absolute atomic E-state index is 0.0154. The van der Waals surface area contributed by atoms with Gasteiger partial charge in [0.25, 0.3) is 0 Å². The van der Waals surface area contributed by atoms with Gasteiger partial charge in [-0.05, 0) is 48.9 Å². The van der Waals surface area contributed by atoms with E-state index in [4.69, 9.17) is 5.73 Å². The van der Waals surface area contributed by atoms with Crippen LogP contribution in [0.4, 0.5) is 18.9 Å². The van der Waals surface area contributed by atoms with Crippen molar-refractivity contribution in [2.24, 2.45) is 0 Å². The number of alkyl halides is 3. The predicted molar refractivity (Wildman–Crippen MR) is 78.2 cm³/mol. The molecule has 2 nitrogen and oxygen atoms in total. The van der Waals surface area contributed by atoms with Gasteiger partial charge in [0.1, 0.15) is 0 Å². The average Bonchev–Trinajstić information content (AvgIpc) is 2.37. The van der Waals surface area contributed by atoms with Crippen molar-refractivity contribution in [1.29, 1.82) is 0 Å². The van der Waals surface area contributed by atoms with Crippen molar-refractivity contribution < 1.29 is 18.0 Å². The lowest BCUT2D eigenvalue weighted by Crippen LogP contribution is -2.10. The predicted octanol–water partition coefficient (Wildman–Crippen LogP) is 4.59. The van der Waals surface area contributed by atoms with Crippen molar-refractivity contribution in [1.82, 2.24) is 0 Å². The second kappa shape index (κ2) is 5.52. The molecule has 0 aliphatic carbocycles. The smallest absolute Gasteiger partial charge is 0.399 e. The van der Waals surface area contributed by atoms with E-state index in [-0.39, 0.29) is 10.0 Å². The zero-order chi connectivity index (χ0) is 15.8. The Bertz CT molecular complexity index is 711. The highest BCUT2D eigenvalue weighted by atomic mass is 79.9. The number of aryl methyl sites for hydroxylation is 1. The molecule has 6 heteroatoms. The van der Waals surface area contributed by atoms with Crippen LogP contribution in [0.15, 0.2) is 40.9 Å². The highest BCUT2D eigenvalue weighted by molar-refractivity contribution is 9.10. The Morgan fingerprint density at radius 2 is 1.81 bits per heavy atom. The quantitative estimate of drug-likeness (QED) is 0.630. The highest BCUT2D eigenvalue weighted by Gasteiger charge is 2.33. The number of hydrogen-bond acceptors (Lipinski definition) is 2. The molecule has 0 saturated carbocycles. The van der Waals surface area contributed by atoms with Gasteiger partial charge in [-0.1, -0.05) is 15.9 Å². The van der Waals surface area contributed by atoms with Crippen LogP contribution in [0.3, 0.4) is 0 Å². The molecule has 0 aromatic heterocycles. The van der Waals surface area contributed by atoms with E-state index in [9.17, 15) is 18.0 Å². The highest BCUT2D eigenvalue weighted by Crippen LogP contribution is 2.35. The molecular formula is C15H11BrF3NO. The van der Waals surface area contributed by atoms with Crippen LogP contribution in [0.1, 0.15) is 27.0 Å². The van der Waals surface area contributed by atoms with Gasteiger partial charge >= 0.3 is 6.18 Å². The van der Waals surface area contributed by atoms with Crippen LogP contribution in [-0.2, 0) is 6.18 Å². The Morgan fingerprint density at radius 3 is 2.38 bits per heavy atom. The summed E-state index contributed by atoms with van der Waals surface area (Å²) in [6, 6.07) is 8.10. The number of ketones is 1. The Labute approximate surface area is 127 Å². The SMILES string of the molecule is Cc1cc(N)ccc1C(=O)c1ccc(Br)c(C(F)(F)F)c1. The van der Waals surface area contributed by atoms with E-state index in [1.54, 1.807) is 19.1 Å². The van der Waals surface area contributed by atoms with Gasteiger partial charge in [-0.25, -0.2) is 0 Å². The van der Waals surface area contributed by atoms with E-state index in [0.29, 0.717) is 16.8 Å². The molecule has 0 aliphatic heterocycles. The first-order valence-electron chi connectivity index (χ1n) is 5.97. The molecule has 2 rings (SSSR count). The number of anilines is 1. The van der Waals surface area contributed by atoms with Crippen LogP contribution in [0.25, 0.3) is 0 Å². The molecule has 0 heterocycles. The standard InChI is InChI=1S/C15H11BrF3NO/c1-8-6-10(20)3-4-11(8)14(21)9-2-5-13(16)12(7-9)15(17,18)19/h2-7H,20H2,1H3. The number of halogens is 4. The van der Waals surface area contributed by atoms with Crippen LogP contribution < -0.4 is 5.73 Å². The third-order valence-electron chi connectivity index (χ3n) is 3.03. The average molecular weight is 358 g/mol. The van der Waals surface area contributed by atoms with E-state index in [1.165, 1.54) is 18.2 Å². The van der Waals surface area contributed by atoms with Crippen molar-refractivity contribution in [2.45, 2.75) is 13.1 Å². The van der Waals surface area contributed by atoms with E-state index in [0.717, 1.165) is 6.07 Å². The summed E-state index contributed by atoms with van der Waals surface area (Å²) in [7, 11) is 0. The maximum absolute atomic E-state index is 12.9. The minimum Gasteiger partial charge on any atom is -0.399 e. The van der Waals surface area contributed by atoms with Crippen LogP contribution in [0.5, 0.6) is 0 Å². The number of carbonyl (C=O) groups excluding carboxylic acids is 1. The molecule has 0 spiro atoms. The van der Waals surface area contributed by atoms with Gasteiger partial charge in [0.2, 0.25) is 0 Å². The second-order valence-corrected chi connectivity index (χ2v) is 5.45. The lowest BCUT2D eigenvalue weighted by molar-refractivity contribution is -0.138. The van der Waals surface area contributed by atoms with E-state index < -0.39 is 17.5 Å². The zero-order valence-corrected chi connectivity index (χ0v) is 12.5. The summed E-state index contributed by atoms with van der Waals surface area (Å²) in [5.74, 6) is -0.467. The van der Waals surface area contributed by atoms with Crippen molar-refractivity contribution >= 4 is 27.4 Å². The molecule has 2 aromatic carbocycles. The van der Waals surface area contributed by atoms with Gasteiger partial charge in [0.15, 0.2) is 5.78 Å². The van der Waals surface area contributed by atoms with Crippen LogP contribution in [-0.4, -0.2) is 5.78 Å². The molecule has 2 N–H and O–H groups in total. The van der Waals surface area contributed by atoms with Gasteiger partial charge in [-0.2, -0.15) is 13.2 Å². The number of hydrogen-bond donors (Lipinski definition) is 1. The number of benzene rings is 2. The lowest BCUT2D eigenvalue weighted by Gasteiger charge is -2.11. The molecule has 0 bridgehead atoms. The van der Waals surface area contributed by atoms with Gasteiger partial charge in [0.05, 0.1) is 5.56 Å². The zero-order valence-electron chi connectivity index (χ0n) is 11.0. The summed E-state index contributed by atoms with van der Waals surface area (Å²) in [6.45, 7) is 1.69. The molecule has 110 valence electrons. The first kappa shape index (κ1) is 15.6. The second-order valence-electron chi connectivity index (χ2n) is 4.60. The van der Waals surface area contributed by atoms with Crippen LogP contribution in [0.2, 0.25) is 0 Å². The normalized spacial score (nSPS) is 11.5. The van der Waals surface area contributed by atoms with Crippen molar-refractivity contribution in [3.05, 3.63) is 63.1 Å². The molecule has 0 aliphatic rings. The first-order valence-corrected chi connectivity index (χ1v) is 6.77. The Hall–Kier alpha value is -1.82. The first-order chi connectivity index (χ1) is 9.70. The largest absolute Gasteiger partial charge is 0.417 e.